The zero-order valence-corrected chi connectivity index (χ0v) is 12.7. The van der Waals surface area contributed by atoms with Crippen LogP contribution in [0.15, 0.2) is 33.4 Å². The van der Waals surface area contributed by atoms with E-state index in [1.807, 2.05) is 0 Å². The van der Waals surface area contributed by atoms with Crippen LogP contribution in [0, 0.1) is 0 Å². The number of carbonyl (C=O) groups excluding carboxylic acids is 1. The average molecular weight is 325 g/mol. The molecular weight excluding hydrogens is 310 g/mol. The fraction of sp³-hybridized carbons (Fsp3) is 0.385. The second kappa shape index (κ2) is 5.58. The molecule has 118 valence electrons. The molecule has 1 amide bonds. The van der Waals surface area contributed by atoms with E-state index in [2.05, 4.69) is 5.16 Å². The lowest BCUT2D eigenvalue weighted by molar-refractivity contribution is 0.0688. The molecule has 0 saturated carbocycles. The van der Waals surface area contributed by atoms with Gasteiger partial charge in [-0.2, -0.15) is 4.31 Å². The van der Waals surface area contributed by atoms with Gasteiger partial charge in [0.05, 0.1) is 12.5 Å². The first-order valence-corrected chi connectivity index (χ1v) is 8.55. The molecule has 2 aromatic heterocycles. The molecule has 0 atom stereocenters. The van der Waals surface area contributed by atoms with Crippen molar-refractivity contribution in [3.63, 3.8) is 0 Å². The van der Waals surface area contributed by atoms with Crippen molar-refractivity contribution in [3.8, 4) is 11.5 Å². The summed E-state index contributed by atoms with van der Waals surface area (Å²) in [5, 5.41) is 3.76. The van der Waals surface area contributed by atoms with E-state index in [9.17, 15) is 13.2 Å². The minimum atomic E-state index is -3.22. The smallest absolute Gasteiger partial charge is 0.276 e. The number of piperazine rings is 1. The minimum Gasteiger partial charge on any atom is -0.461 e. The van der Waals surface area contributed by atoms with Gasteiger partial charge in [0.2, 0.25) is 15.8 Å². The van der Waals surface area contributed by atoms with Gasteiger partial charge in [0.15, 0.2) is 11.5 Å². The van der Waals surface area contributed by atoms with Gasteiger partial charge in [0, 0.05) is 32.2 Å². The highest BCUT2D eigenvalue weighted by atomic mass is 32.2. The standard InChI is InChI=1S/C13H15N3O5S/c1-22(18,19)16-6-4-15(5-7-16)13(17)10-9-12(21-14-10)11-3-2-8-20-11/h2-3,8-9H,4-7H2,1H3. The predicted octanol–water partition coefficient (Wildman–Crippen LogP) is 0.652. The first-order chi connectivity index (χ1) is 10.4. The molecule has 0 bridgehead atoms. The molecule has 0 aliphatic carbocycles. The molecule has 0 radical (unpaired) electrons. The third-order valence-electron chi connectivity index (χ3n) is 3.49. The Morgan fingerprint density at radius 3 is 2.55 bits per heavy atom. The van der Waals surface area contributed by atoms with Crippen LogP contribution in [-0.2, 0) is 10.0 Å². The molecule has 0 N–H and O–H groups in total. The normalized spacial score (nSPS) is 16.9. The van der Waals surface area contributed by atoms with E-state index in [1.165, 1.54) is 16.6 Å². The molecule has 0 spiro atoms. The van der Waals surface area contributed by atoms with Crippen LogP contribution in [0.25, 0.3) is 11.5 Å². The second-order valence-corrected chi connectivity index (χ2v) is 6.99. The van der Waals surface area contributed by atoms with Crippen molar-refractivity contribution in [2.75, 3.05) is 32.4 Å². The van der Waals surface area contributed by atoms with E-state index >= 15 is 0 Å². The molecule has 0 aromatic carbocycles. The van der Waals surface area contributed by atoms with E-state index in [4.69, 9.17) is 8.94 Å². The third kappa shape index (κ3) is 2.90. The summed E-state index contributed by atoms with van der Waals surface area (Å²) in [7, 11) is -3.22. The van der Waals surface area contributed by atoms with Crippen molar-refractivity contribution in [2.24, 2.45) is 0 Å². The summed E-state index contributed by atoms with van der Waals surface area (Å²) in [6.45, 7) is 1.23. The molecule has 1 saturated heterocycles. The quantitative estimate of drug-likeness (QED) is 0.822. The fourth-order valence-electron chi connectivity index (χ4n) is 2.30. The summed E-state index contributed by atoms with van der Waals surface area (Å²) in [5.74, 6) is 0.589. The van der Waals surface area contributed by atoms with Crippen molar-refractivity contribution in [1.29, 1.82) is 0 Å². The van der Waals surface area contributed by atoms with Crippen molar-refractivity contribution >= 4 is 15.9 Å². The van der Waals surface area contributed by atoms with Gasteiger partial charge in [-0.25, -0.2) is 8.42 Å². The van der Waals surface area contributed by atoms with E-state index in [0.29, 0.717) is 24.6 Å². The summed E-state index contributed by atoms with van der Waals surface area (Å²) in [6.07, 6.45) is 2.67. The van der Waals surface area contributed by atoms with Crippen LogP contribution in [0.5, 0.6) is 0 Å². The largest absolute Gasteiger partial charge is 0.461 e. The highest BCUT2D eigenvalue weighted by molar-refractivity contribution is 7.88. The number of amides is 1. The fourth-order valence-corrected chi connectivity index (χ4v) is 3.12. The van der Waals surface area contributed by atoms with Crippen molar-refractivity contribution < 1.29 is 22.2 Å². The maximum Gasteiger partial charge on any atom is 0.276 e. The Labute approximate surface area is 127 Å². The predicted molar refractivity (Wildman–Crippen MR) is 76.5 cm³/mol. The van der Waals surface area contributed by atoms with E-state index < -0.39 is 10.0 Å². The van der Waals surface area contributed by atoms with Gasteiger partial charge in [0.25, 0.3) is 5.91 Å². The number of furan rings is 1. The van der Waals surface area contributed by atoms with E-state index in [-0.39, 0.29) is 24.7 Å². The Kier molecular flexibility index (Phi) is 3.75. The minimum absolute atomic E-state index is 0.180. The molecule has 8 nitrogen and oxygen atoms in total. The number of nitrogens with zero attached hydrogens (tertiary/aromatic N) is 3. The summed E-state index contributed by atoms with van der Waals surface area (Å²) < 4.78 is 34.5. The summed E-state index contributed by atoms with van der Waals surface area (Å²) in [5.41, 5.74) is 0.180. The second-order valence-electron chi connectivity index (χ2n) is 5.01. The van der Waals surface area contributed by atoms with Crippen molar-refractivity contribution in [2.45, 2.75) is 0 Å². The molecular formula is C13H15N3O5S. The van der Waals surface area contributed by atoms with E-state index in [1.54, 1.807) is 17.0 Å². The highest BCUT2D eigenvalue weighted by Crippen LogP contribution is 2.21. The van der Waals surface area contributed by atoms with Gasteiger partial charge in [-0.05, 0) is 12.1 Å². The molecule has 1 fully saturated rings. The Hall–Kier alpha value is -2.13. The highest BCUT2D eigenvalue weighted by Gasteiger charge is 2.28. The molecule has 0 unspecified atom stereocenters. The Morgan fingerprint density at radius 1 is 1.23 bits per heavy atom. The van der Waals surface area contributed by atoms with Crippen LogP contribution in [0.2, 0.25) is 0 Å². The van der Waals surface area contributed by atoms with Crippen molar-refractivity contribution in [1.82, 2.24) is 14.4 Å². The Balaban J connectivity index is 1.68. The topological polar surface area (TPSA) is 96.9 Å². The SMILES string of the molecule is CS(=O)(=O)N1CCN(C(=O)c2cc(-c3ccco3)on2)CC1. The summed E-state index contributed by atoms with van der Waals surface area (Å²) in [4.78, 5) is 13.9. The van der Waals surface area contributed by atoms with Crippen LogP contribution >= 0.6 is 0 Å². The van der Waals surface area contributed by atoms with Crippen LogP contribution in [0.1, 0.15) is 10.5 Å². The monoisotopic (exact) mass is 325 g/mol. The lowest BCUT2D eigenvalue weighted by Gasteiger charge is -2.32. The van der Waals surface area contributed by atoms with Gasteiger partial charge in [-0.1, -0.05) is 5.16 Å². The number of aromatic nitrogens is 1. The van der Waals surface area contributed by atoms with Crippen LogP contribution in [0.4, 0.5) is 0 Å². The van der Waals surface area contributed by atoms with Gasteiger partial charge < -0.3 is 13.8 Å². The van der Waals surface area contributed by atoms with Crippen LogP contribution < -0.4 is 0 Å². The molecule has 9 heteroatoms. The maximum absolute atomic E-state index is 12.3. The molecule has 1 aliphatic heterocycles. The van der Waals surface area contributed by atoms with Crippen molar-refractivity contribution in [3.05, 3.63) is 30.2 Å². The van der Waals surface area contributed by atoms with Gasteiger partial charge >= 0.3 is 0 Å². The van der Waals surface area contributed by atoms with Gasteiger partial charge in [-0.15, -0.1) is 0 Å². The molecule has 3 heterocycles. The zero-order chi connectivity index (χ0) is 15.7. The van der Waals surface area contributed by atoms with Gasteiger partial charge in [-0.3, -0.25) is 4.79 Å². The van der Waals surface area contributed by atoms with Gasteiger partial charge in [0.1, 0.15) is 0 Å². The number of hydrogen-bond donors (Lipinski definition) is 0. The molecule has 3 rings (SSSR count). The van der Waals surface area contributed by atoms with Crippen LogP contribution in [-0.4, -0.2) is 61.1 Å². The summed E-state index contributed by atoms with van der Waals surface area (Å²) in [6, 6.07) is 4.94. The lowest BCUT2D eigenvalue weighted by atomic mass is 10.2. The zero-order valence-electron chi connectivity index (χ0n) is 11.9. The van der Waals surface area contributed by atoms with Crippen LogP contribution in [0.3, 0.4) is 0 Å². The number of hydrogen-bond acceptors (Lipinski definition) is 6. The lowest BCUT2D eigenvalue weighted by Crippen LogP contribution is -2.50. The van der Waals surface area contributed by atoms with E-state index in [0.717, 1.165) is 6.26 Å². The average Bonchev–Trinajstić information content (AvgIpc) is 3.16. The Morgan fingerprint density at radius 2 is 1.95 bits per heavy atom. The summed E-state index contributed by atoms with van der Waals surface area (Å²) >= 11 is 0. The number of carbonyl (C=O) groups is 1. The third-order valence-corrected chi connectivity index (χ3v) is 4.79. The maximum atomic E-state index is 12.3. The number of rotatable bonds is 3. The first kappa shape index (κ1) is 14.8. The number of sulfonamides is 1. The molecule has 22 heavy (non-hydrogen) atoms. The molecule has 1 aliphatic rings. The molecule has 2 aromatic rings. The Bertz CT molecular complexity index is 757. The first-order valence-electron chi connectivity index (χ1n) is 6.70.